The molecule has 0 aliphatic carbocycles. The Bertz CT molecular complexity index is 80.0. The zero-order valence-corrected chi connectivity index (χ0v) is 3.65. The molecule has 2 nitrogen and oxygen atoms in total. The molecule has 0 bridgehead atoms. The fourth-order valence-electron chi connectivity index (χ4n) is 0. The highest BCUT2D eigenvalue weighted by Gasteiger charge is 1.64. The molecular weight excluding hydrogens is 78.0 g/mol. The summed E-state index contributed by atoms with van der Waals surface area (Å²) >= 11 is 0. The molecule has 6 heavy (non-hydrogen) atoms. The lowest BCUT2D eigenvalue weighted by Crippen LogP contribution is -1.51. The minimum atomic E-state index is 0. The van der Waals surface area contributed by atoms with Gasteiger partial charge in [-0.2, -0.15) is 5.26 Å². The van der Waals surface area contributed by atoms with E-state index in [0.29, 0.717) is 5.57 Å². The van der Waals surface area contributed by atoms with Crippen LogP contribution >= 0.6 is 0 Å². The van der Waals surface area contributed by atoms with Gasteiger partial charge >= 0.3 is 0 Å². The summed E-state index contributed by atoms with van der Waals surface area (Å²) in [6.45, 7) is 4.98. The van der Waals surface area contributed by atoms with Crippen LogP contribution in [0, 0.1) is 11.3 Å². The standard InChI is InChI=1S/C4H5N.H2O/c1-4(2)3-5;/h1H2,2H3;1H2. The van der Waals surface area contributed by atoms with Crippen LogP contribution in [0.25, 0.3) is 0 Å². The van der Waals surface area contributed by atoms with Crippen molar-refractivity contribution in [3.63, 3.8) is 0 Å². The predicted octanol–water partition coefficient (Wildman–Crippen LogP) is 0.261. The highest BCUT2D eigenvalue weighted by atomic mass is 16.0. The Balaban J connectivity index is 0. The molecule has 0 fully saturated rings. The van der Waals surface area contributed by atoms with E-state index in [2.05, 4.69) is 6.58 Å². The van der Waals surface area contributed by atoms with Gasteiger partial charge in [0.05, 0.1) is 6.07 Å². The van der Waals surface area contributed by atoms with Crippen LogP contribution in [0.5, 0.6) is 0 Å². The first-order valence-electron chi connectivity index (χ1n) is 1.33. The molecule has 2 N–H and O–H groups in total. The Morgan fingerprint density at radius 1 is 1.83 bits per heavy atom. The Hall–Kier alpha value is -0.810. The molecule has 0 atom stereocenters. The van der Waals surface area contributed by atoms with E-state index in [4.69, 9.17) is 5.26 Å². The summed E-state index contributed by atoms with van der Waals surface area (Å²) in [4.78, 5) is 0. The second-order valence-corrected chi connectivity index (χ2v) is 0.892. The largest absolute Gasteiger partial charge is 0.412 e. The van der Waals surface area contributed by atoms with Crippen molar-refractivity contribution in [3.05, 3.63) is 12.2 Å². The zero-order chi connectivity index (χ0) is 4.28. The van der Waals surface area contributed by atoms with Crippen LogP contribution in [-0.4, -0.2) is 5.48 Å². The lowest BCUT2D eigenvalue weighted by Gasteiger charge is -1.61. The number of nitrogens with zero attached hydrogens (tertiary/aromatic N) is 1. The lowest BCUT2D eigenvalue weighted by molar-refractivity contribution is 0.824. The van der Waals surface area contributed by atoms with E-state index in [1.165, 1.54) is 0 Å². The normalized spacial score (nSPS) is 4.67. The molecule has 34 valence electrons. The van der Waals surface area contributed by atoms with E-state index < -0.39 is 0 Å². The van der Waals surface area contributed by atoms with Crippen molar-refractivity contribution in [2.75, 3.05) is 0 Å². The van der Waals surface area contributed by atoms with Crippen LogP contribution in [-0.2, 0) is 0 Å². The van der Waals surface area contributed by atoms with Crippen LogP contribution < -0.4 is 0 Å². The Labute approximate surface area is 37.0 Å². The Kier molecular flexibility index (Phi) is 6.25. The summed E-state index contributed by atoms with van der Waals surface area (Å²) in [6, 6.07) is 1.83. The van der Waals surface area contributed by atoms with Crippen molar-refractivity contribution in [1.82, 2.24) is 0 Å². The summed E-state index contributed by atoms with van der Waals surface area (Å²) in [5, 5.41) is 7.79. The molecule has 0 aromatic heterocycles. The smallest absolute Gasteiger partial charge is 0.0937 e. The molecule has 0 unspecified atom stereocenters. The van der Waals surface area contributed by atoms with Gasteiger partial charge in [0, 0.05) is 5.57 Å². The van der Waals surface area contributed by atoms with E-state index in [-0.39, 0.29) is 5.48 Å². The van der Waals surface area contributed by atoms with Gasteiger partial charge in [-0.3, -0.25) is 0 Å². The Morgan fingerprint density at radius 2 is 2.00 bits per heavy atom. The number of rotatable bonds is 0. The third kappa shape index (κ3) is 10.8. The molecule has 0 rings (SSSR count). The molecular formula is C4H7NO. The summed E-state index contributed by atoms with van der Waals surface area (Å²) in [6.07, 6.45) is 0. The highest BCUT2D eigenvalue weighted by molar-refractivity contribution is 5.11. The third-order valence-electron chi connectivity index (χ3n) is 0.191. The maximum Gasteiger partial charge on any atom is 0.0937 e. The number of allylic oxidation sites excluding steroid dienone is 1. The fraction of sp³-hybridized carbons (Fsp3) is 0.250. The van der Waals surface area contributed by atoms with Gasteiger partial charge in [-0.15, -0.1) is 0 Å². The molecule has 0 aliphatic rings. The topological polar surface area (TPSA) is 55.3 Å². The van der Waals surface area contributed by atoms with Gasteiger partial charge in [-0.05, 0) is 6.92 Å². The molecule has 0 aromatic carbocycles. The number of hydrogen-bond acceptors (Lipinski definition) is 1. The maximum atomic E-state index is 7.79. The molecule has 0 aliphatic heterocycles. The fourth-order valence-corrected chi connectivity index (χ4v) is 0. The molecule has 0 radical (unpaired) electrons. The first-order chi connectivity index (χ1) is 2.27. The van der Waals surface area contributed by atoms with Crippen molar-refractivity contribution >= 4 is 0 Å². The molecule has 0 saturated heterocycles. The van der Waals surface area contributed by atoms with Crippen molar-refractivity contribution in [2.45, 2.75) is 6.92 Å². The zero-order valence-electron chi connectivity index (χ0n) is 3.65. The van der Waals surface area contributed by atoms with Crippen molar-refractivity contribution in [1.29, 1.82) is 5.26 Å². The van der Waals surface area contributed by atoms with Gasteiger partial charge in [0.1, 0.15) is 0 Å². The van der Waals surface area contributed by atoms with E-state index in [1.54, 1.807) is 6.92 Å². The van der Waals surface area contributed by atoms with Crippen LogP contribution in [0.15, 0.2) is 12.2 Å². The molecule has 0 aromatic rings. The molecule has 0 saturated carbocycles. The van der Waals surface area contributed by atoms with Gasteiger partial charge < -0.3 is 5.48 Å². The minimum absolute atomic E-state index is 0. The van der Waals surface area contributed by atoms with Gasteiger partial charge in [0.2, 0.25) is 0 Å². The third-order valence-corrected chi connectivity index (χ3v) is 0.191. The predicted molar refractivity (Wildman–Crippen MR) is 24.0 cm³/mol. The van der Waals surface area contributed by atoms with Crippen LogP contribution in [0.1, 0.15) is 6.92 Å². The summed E-state index contributed by atoms with van der Waals surface area (Å²) in [5.41, 5.74) is 0.560. The molecule has 0 spiro atoms. The molecule has 0 amide bonds. The summed E-state index contributed by atoms with van der Waals surface area (Å²) in [7, 11) is 0. The number of nitriles is 1. The lowest BCUT2D eigenvalue weighted by atomic mass is 10.4. The van der Waals surface area contributed by atoms with Crippen LogP contribution in [0.3, 0.4) is 0 Å². The molecule has 2 heteroatoms. The molecule has 0 heterocycles. The van der Waals surface area contributed by atoms with Crippen LogP contribution in [0.4, 0.5) is 0 Å². The highest BCUT2D eigenvalue weighted by Crippen LogP contribution is 1.74. The summed E-state index contributed by atoms with van der Waals surface area (Å²) < 4.78 is 0. The Morgan fingerprint density at radius 3 is 2.00 bits per heavy atom. The monoisotopic (exact) mass is 85.1 g/mol. The summed E-state index contributed by atoms with van der Waals surface area (Å²) in [5.74, 6) is 0. The average Bonchev–Trinajstić information content (AvgIpc) is 1.38. The quantitative estimate of drug-likeness (QED) is 0.389. The SMILES string of the molecule is C=C(C)C#N.O. The maximum absolute atomic E-state index is 7.79. The second-order valence-electron chi connectivity index (χ2n) is 0.892. The van der Waals surface area contributed by atoms with Gasteiger partial charge in [0.25, 0.3) is 0 Å². The second kappa shape index (κ2) is 4.19. The van der Waals surface area contributed by atoms with Crippen molar-refractivity contribution in [3.8, 4) is 6.07 Å². The average molecular weight is 85.1 g/mol. The van der Waals surface area contributed by atoms with Crippen LogP contribution in [0.2, 0.25) is 0 Å². The van der Waals surface area contributed by atoms with E-state index in [0.717, 1.165) is 0 Å². The van der Waals surface area contributed by atoms with Gasteiger partial charge in [-0.1, -0.05) is 6.58 Å². The van der Waals surface area contributed by atoms with Crippen molar-refractivity contribution in [2.24, 2.45) is 0 Å². The number of hydrogen-bond donors (Lipinski definition) is 0. The van der Waals surface area contributed by atoms with E-state index in [9.17, 15) is 0 Å². The first-order valence-corrected chi connectivity index (χ1v) is 1.33. The van der Waals surface area contributed by atoms with Gasteiger partial charge in [0.15, 0.2) is 0 Å². The van der Waals surface area contributed by atoms with E-state index in [1.807, 2.05) is 6.07 Å². The first kappa shape index (κ1) is 8.95. The minimum Gasteiger partial charge on any atom is -0.412 e. The van der Waals surface area contributed by atoms with Crippen molar-refractivity contribution < 1.29 is 5.48 Å². The van der Waals surface area contributed by atoms with E-state index >= 15 is 0 Å². The van der Waals surface area contributed by atoms with Gasteiger partial charge in [-0.25, -0.2) is 0 Å².